The number of hydrogen-bond donors (Lipinski definition) is 2. The van der Waals surface area contributed by atoms with Crippen LogP contribution in [0.1, 0.15) is 11.1 Å². The fourth-order valence-electron chi connectivity index (χ4n) is 5.02. The van der Waals surface area contributed by atoms with E-state index in [2.05, 4.69) is 25.1 Å². The first-order valence-electron chi connectivity index (χ1n) is 13.1. The Morgan fingerprint density at radius 2 is 1.74 bits per heavy atom. The van der Waals surface area contributed by atoms with Gasteiger partial charge in [-0.3, -0.25) is 15.1 Å². The van der Waals surface area contributed by atoms with E-state index in [1.165, 1.54) is 18.2 Å². The third kappa shape index (κ3) is 5.63. The third-order valence-electron chi connectivity index (χ3n) is 6.87. The minimum absolute atomic E-state index is 0.0924. The summed E-state index contributed by atoms with van der Waals surface area (Å²) in [4.78, 5) is 18.8. The maximum Gasteiger partial charge on any atom is 0.159 e. The summed E-state index contributed by atoms with van der Waals surface area (Å²) in [7, 11) is 0.700. The molecule has 0 aliphatic heterocycles. The molecule has 9 nitrogen and oxygen atoms in total. The van der Waals surface area contributed by atoms with E-state index in [-0.39, 0.29) is 12.2 Å². The fraction of sp³-hybridized carbons (Fsp3) is 0.200. The van der Waals surface area contributed by atoms with Crippen molar-refractivity contribution < 1.29 is 17.2 Å². The molecule has 214 valence electrons. The van der Waals surface area contributed by atoms with Gasteiger partial charge in [0.2, 0.25) is 0 Å². The van der Waals surface area contributed by atoms with Crippen LogP contribution in [-0.2, 0) is 22.8 Å². The van der Waals surface area contributed by atoms with Crippen LogP contribution in [0.3, 0.4) is 0 Å². The van der Waals surface area contributed by atoms with Gasteiger partial charge in [-0.05, 0) is 68.0 Å². The topological polar surface area (TPSA) is 121 Å². The van der Waals surface area contributed by atoms with Crippen molar-refractivity contribution in [3.8, 4) is 33.9 Å². The van der Waals surface area contributed by atoms with Gasteiger partial charge in [0.05, 0.1) is 22.5 Å². The standard InChI is InChI=1S/C30H27F2N7O2S/c1-39(2)16-18-9-20(15-33-14-18)22-12-23-26(13-24(22)32)37-38-28(23)30-35-25-4-6-34-27(29(25)36-30)19-8-17(10-21(31)11-19)5-7-42(3,40)41/h4,6,8-15H,5,7,16H2,1-3H3,(H,35,36)(H,37,38). The van der Waals surface area contributed by atoms with Crippen molar-refractivity contribution >= 4 is 31.8 Å². The quantitative estimate of drug-likeness (QED) is 0.252. The van der Waals surface area contributed by atoms with E-state index in [1.54, 1.807) is 36.8 Å². The summed E-state index contributed by atoms with van der Waals surface area (Å²) in [5.74, 6) is -0.570. The Labute approximate surface area is 240 Å². The molecule has 0 saturated heterocycles. The van der Waals surface area contributed by atoms with Crippen LogP contribution < -0.4 is 0 Å². The van der Waals surface area contributed by atoms with E-state index >= 15 is 4.39 Å². The summed E-state index contributed by atoms with van der Waals surface area (Å²) in [6.07, 6.45) is 6.31. The number of aryl methyl sites for hydroxylation is 1. The molecular formula is C30H27F2N7O2S. The number of halogens is 2. The Kier molecular flexibility index (Phi) is 7.03. The molecule has 0 aliphatic carbocycles. The average molecular weight is 588 g/mol. The van der Waals surface area contributed by atoms with Crippen molar-refractivity contribution in [2.75, 3.05) is 26.1 Å². The zero-order valence-electron chi connectivity index (χ0n) is 23.1. The first-order valence-corrected chi connectivity index (χ1v) is 15.2. The van der Waals surface area contributed by atoms with Gasteiger partial charge in [-0.2, -0.15) is 5.10 Å². The second kappa shape index (κ2) is 10.7. The Bertz CT molecular complexity index is 2070. The SMILES string of the molecule is CN(C)Cc1cncc(-c2cc3c(-c4nc5c(-c6cc(F)cc(CCS(C)(=O)=O)c6)nccc5[nH]4)n[nH]c3cc2F)c1. The van der Waals surface area contributed by atoms with E-state index in [0.717, 1.165) is 11.8 Å². The van der Waals surface area contributed by atoms with Crippen molar-refractivity contribution in [1.29, 1.82) is 0 Å². The van der Waals surface area contributed by atoms with Crippen LogP contribution in [0.15, 0.2) is 61.1 Å². The summed E-state index contributed by atoms with van der Waals surface area (Å²) >= 11 is 0. The number of rotatable bonds is 8. The number of hydrogen-bond acceptors (Lipinski definition) is 7. The van der Waals surface area contributed by atoms with Gasteiger partial charge in [0, 0.05) is 59.5 Å². The fourth-order valence-corrected chi connectivity index (χ4v) is 5.63. The van der Waals surface area contributed by atoms with Crippen molar-refractivity contribution in [2.24, 2.45) is 0 Å². The van der Waals surface area contributed by atoms with Gasteiger partial charge >= 0.3 is 0 Å². The average Bonchev–Trinajstić information content (AvgIpc) is 3.54. The van der Waals surface area contributed by atoms with Crippen molar-refractivity contribution in [3.63, 3.8) is 0 Å². The van der Waals surface area contributed by atoms with Gasteiger partial charge in [0.15, 0.2) is 5.82 Å². The lowest BCUT2D eigenvalue weighted by atomic mass is 10.0. The number of fused-ring (bicyclic) bond motifs is 2. The molecule has 6 rings (SSSR count). The van der Waals surface area contributed by atoms with Crippen LogP contribution in [0.5, 0.6) is 0 Å². The number of benzene rings is 2. The Morgan fingerprint density at radius 3 is 2.52 bits per heavy atom. The van der Waals surface area contributed by atoms with E-state index in [0.29, 0.717) is 67.9 Å². The van der Waals surface area contributed by atoms with E-state index in [4.69, 9.17) is 4.98 Å². The molecule has 12 heteroatoms. The van der Waals surface area contributed by atoms with Crippen LogP contribution in [-0.4, -0.2) is 69.6 Å². The molecule has 0 fully saturated rings. The third-order valence-corrected chi connectivity index (χ3v) is 7.82. The van der Waals surface area contributed by atoms with Gasteiger partial charge in [-0.1, -0.05) is 0 Å². The molecule has 4 aromatic heterocycles. The number of pyridine rings is 2. The molecule has 0 unspecified atom stereocenters. The van der Waals surface area contributed by atoms with Crippen LogP contribution in [0.4, 0.5) is 8.78 Å². The Balaban J connectivity index is 1.42. The molecule has 0 bridgehead atoms. The van der Waals surface area contributed by atoms with E-state index in [9.17, 15) is 12.8 Å². The monoisotopic (exact) mass is 587 g/mol. The molecule has 0 aliphatic rings. The largest absolute Gasteiger partial charge is 0.336 e. The van der Waals surface area contributed by atoms with Crippen LogP contribution in [0.25, 0.3) is 55.8 Å². The number of H-pyrrole nitrogens is 2. The Morgan fingerprint density at radius 1 is 0.929 bits per heavy atom. The van der Waals surface area contributed by atoms with Crippen molar-refractivity contribution in [2.45, 2.75) is 13.0 Å². The number of sulfone groups is 1. The normalized spacial score (nSPS) is 12.1. The highest BCUT2D eigenvalue weighted by Gasteiger charge is 2.19. The lowest BCUT2D eigenvalue weighted by Gasteiger charge is -2.11. The summed E-state index contributed by atoms with van der Waals surface area (Å²) in [5.41, 5.74) is 5.58. The van der Waals surface area contributed by atoms with Gasteiger partial charge in [0.1, 0.15) is 32.7 Å². The molecule has 42 heavy (non-hydrogen) atoms. The zero-order chi connectivity index (χ0) is 29.6. The molecule has 0 spiro atoms. The minimum atomic E-state index is -3.21. The highest BCUT2D eigenvalue weighted by molar-refractivity contribution is 7.90. The van der Waals surface area contributed by atoms with E-state index < -0.39 is 21.5 Å². The molecular weight excluding hydrogens is 560 g/mol. The second-order valence-electron chi connectivity index (χ2n) is 10.6. The van der Waals surface area contributed by atoms with Gasteiger partial charge < -0.3 is 9.88 Å². The van der Waals surface area contributed by atoms with Crippen LogP contribution >= 0.6 is 0 Å². The maximum absolute atomic E-state index is 15.2. The Hall–Kier alpha value is -4.55. The smallest absolute Gasteiger partial charge is 0.159 e. The first kappa shape index (κ1) is 27.6. The van der Waals surface area contributed by atoms with Gasteiger partial charge in [-0.15, -0.1) is 0 Å². The van der Waals surface area contributed by atoms with Crippen LogP contribution in [0.2, 0.25) is 0 Å². The molecule has 4 heterocycles. The first-order chi connectivity index (χ1) is 20.0. The number of aromatic amines is 2. The lowest BCUT2D eigenvalue weighted by Crippen LogP contribution is -2.10. The number of imidazole rings is 1. The highest BCUT2D eigenvalue weighted by Crippen LogP contribution is 2.34. The molecule has 0 saturated carbocycles. The zero-order valence-corrected chi connectivity index (χ0v) is 23.9. The van der Waals surface area contributed by atoms with E-state index in [1.807, 2.05) is 25.1 Å². The molecule has 2 aromatic carbocycles. The molecule has 6 aromatic rings. The molecule has 0 atom stereocenters. The predicted octanol–water partition coefficient (Wildman–Crippen LogP) is 5.16. The van der Waals surface area contributed by atoms with Gasteiger partial charge in [-0.25, -0.2) is 22.2 Å². The molecule has 2 N–H and O–H groups in total. The summed E-state index contributed by atoms with van der Waals surface area (Å²) < 4.78 is 53.1. The van der Waals surface area contributed by atoms with Crippen LogP contribution in [0, 0.1) is 11.6 Å². The second-order valence-corrected chi connectivity index (χ2v) is 12.9. The van der Waals surface area contributed by atoms with Gasteiger partial charge in [0.25, 0.3) is 0 Å². The minimum Gasteiger partial charge on any atom is -0.336 e. The summed E-state index contributed by atoms with van der Waals surface area (Å²) in [6, 6.07) is 11.2. The number of nitrogens with one attached hydrogen (secondary N) is 2. The van der Waals surface area contributed by atoms with Crippen molar-refractivity contribution in [1.82, 2.24) is 35.0 Å². The predicted molar refractivity (Wildman–Crippen MR) is 158 cm³/mol. The number of nitrogens with zero attached hydrogens (tertiary/aromatic N) is 5. The lowest BCUT2D eigenvalue weighted by molar-refractivity contribution is 0.402. The maximum atomic E-state index is 15.2. The highest BCUT2D eigenvalue weighted by atomic mass is 32.2. The molecule has 0 amide bonds. The summed E-state index contributed by atoms with van der Waals surface area (Å²) in [5, 5.41) is 7.97. The molecule has 0 radical (unpaired) electrons. The number of aromatic nitrogens is 6. The van der Waals surface area contributed by atoms with Crippen molar-refractivity contribution in [3.05, 3.63) is 83.8 Å². The summed E-state index contributed by atoms with van der Waals surface area (Å²) in [6.45, 7) is 0.668.